The second-order valence-electron chi connectivity index (χ2n) is 4.91. The van der Waals surface area contributed by atoms with E-state index in [9.17, 15) is 4.79 Å². The summed E-state index contributed by atoms with van der Waals surface area (Å²) in [5.41, 5.74) is 1.51. The zero-order chi connectivity index (χ0) is 15.4. The van der Waals surface area contributed by atoms with Gasteiger partial charge in [0.1, 0.15) is 23.0 Å². The molecule has 1 N–H and O–H groups in total. The highest BCUT2D eigenvalue weighted by Crippen LogP contribution is 2.16. The molecule has 2 heterocycles. The average Bonchev–Trinajstić information content (AvgIpc) is 3.16. The lowest BCUT2D eigenvalue weighted by atomic mass is 10.1. The summed E-state index contributed by atoms with van der Waals surface area (Å²) in [4.78, 5) is 16.2. The van der Waals surface area contributed by atoms with Crippen LogP contribution >= 0.6 is 0 Å². The van der Waals surface area contributed by atoms with Gasteiger partial charge in [0.25, 0.3) is 5.91 Å². The summed E-state index contributed by atoms with van der Waals surface area (Å²) >= 11 is 0. The molecule has 22 heavy (non-hydrogen) atoms. The molecular weight excluding hydrogens is 280 g/mol. The minimum absolute atomic E-state index is 0.197. The first-order chi connectivity index (χ1) is 10.7. The molecule has 0 bridgehead atoms. The maximum atomic E-state index is 11.9. The summed E-state index contributed by atoms with van der Waals surface area (Å²) in [6, 6.07) is 11.4. The number of methoxy groups -OCH3 is 1. The summed E-state index contributed by atoms with van der Waals surface area (Å²) in [6.45, 7) is 0. The van der Waals surface area contributed by atoms with Gasteiger partial charge in [-0.05, 0) is 36.2 Å². The molecule has 1 aliphatic rings. The molecule has 1 aromatic heterocycles. The Hall–Kier alpha value is -2.82. The first kappa shape index (κ1) is 14.1. The Morgan fingerprint density at radius 3 is 2.95 bits per heavy atom. The van der Waals surface area contributed by atoms with Crippen LogP contribution in [0.1, 0.15) is 17.7 Å². The molecule has 2 aromatic rings. The summed E-state index contributed by atoms with van der Waals surface area (Å²) in [5, 5.41) is 2.79. The summed E-state index contributed by atoms with van der Waals surface area (Å²) in [5.74, 6) is 1.92. The molecule has 0 spiro atoms. The Balaban J connectivity index is 1.67. The number of aliphatic imine (C=N–C) groups is 1. The molecule has 112 valence electrons. The van der Waals surface area contributed by atoms with Crippen molar-refractivity contribution in [1.82, 2.24) is 5.32 Å². The summed E-state index contributed by atoms with van der Waals surface area (Å²) < 4.78 is 10.4. The molecular formula is C17H16N2O3. The topological polar surface area (TPSA) is 63.8 Å². The number of rotatable bonds is 5. The third kappa shape index (κ3) is 3.25. The predicted octanol–water partition coefficient (Wildman–Crippen LogP) is 2.79. The quantitative estimate of drug-likeness (QED) is 0.863. The highest BCUT2D eigenvalue weighted by molar-refractivity contribution is 6.14. The molecule has 5 heteroatoms. The van der Waals surface area contributed by atoms with E-state index in [-0.39, 0.29) is 5.91 Å². The second-order valence-corrected chi connectivity index (χ2v) is 4.91. The van der Waals surface area contributed by atoms with Crippen LogP contribution in [0, 0.1) is 0 Å². The molecule has 1 aromatic carbocycles. The molecule has 0 unspecified atom stereocenters. The normalized spacial score (nSPS) is 15.8. The van der Waals surface area contributed by atoms with E-state index < -0.39 is 0 Å². The van der Waals surface area contributed by atoms with Gasteiger partial charge in [-0.25, -0.2) is 4.99 Å². The van der Waals surface area contributed by atoms with E-state index in [1.807, 2.05) is 24.3 Å². The smallest absolute Gasteiger partial charge is 0.275 e. The van der Waals surface area contributed by atoms with Crippen molar-refractivity contribution < 1.29 is 13.9 Å². The van der Waals surface area contributed by atoms with Crippen LogP contribution in [0.2, 0.25) is 0 Å². The van der Waals surface area contributed by atoms with Crippen molar-refractivity contribution in [2.45, 2.75) is 12.8 Å². The van der Waals surface area contributed by atoms with Crippen LogP contribution in [-0.2, 0) is 11.2 Å². The van der Waals surface area contributed by atoms with Crippen molar-refractivity contribution in [3.05, 3.63) is 59.7 Å². The molecule has 0 fully saturated rings. The fourth-order valence-electron chi connectivity index (χ4n) is 2.23. The third-order valence-corrected chi connectivity index (χ3v) is 3.35. The number of nitrogens with one attached hydrogen (secondary N) is 1. The standard InChI is InChI=1S/C17H16N2O3/c1-21-13-5-2-4-12(10-13)7-8-16-18-15(17(20)19-16)11-14-6-3-9-22-14/h2-6,9-11H,7-8H2,1H3,(H,18,19,20)/b15-11+. The van der Waals surface area contributed by atoms with Crippen LogP contribution in [0.15, 0.2) is 57.8 Å². The van der Waals surface area contributed by atoms with Gasteiger partial charge in [0.15, 0.2) is 0 Å². The van der Waals surface area contributed by atoms with E-state index in [4.69, 9.17) is 9.15 Å². The molecule has 0 atom stereocenters. The molecule has 1 aliphatic heterocycles. The second kappa shape index (κ2) is 6.30. The lowest BCUT2D eigenvalue weighted by molar-refractivity contribution is -0.115. The molecule has 3 rings (SSSR count). The highest BCUT2D eigenvalue weighted by Gasteiger charge is 2.19. The minimum Gasteiger partial charge on any atom is -0.497 e. The van der Waals surface area contributed by atoms with Crippen molar-refractivity contribution in [2.24, 2.45) is 4.99 Å². The Labute approximate surface area is 128 Å². The molecule has 5 nitrogen and oxygen atoms in total. The van der Waals surface area contributed by atoms with Crippen LogP contribution in [0.3, 0.4) is 0 Å². The van der Waals surface area contributed by atoms with Crippen molar-refractivity contribution in [3.63, 3.8) is 0 Å². The van der Waals surface area contributed by atoms with Gasteiger partial charge >= 0.3 is 0 Å². The van der Waals surface area contributed by atoms with Crippen molar-refractivity contribution in [2.75, 3.05) is 7.11 Å². The molecule has 1 amide bonds. The van der Waals surface area contributed by atoms with E-state index in [2.05, 4.69) is 10.3 Å². The Morgan fingerprint density at radius 2 is 2.18 bits per heavy atom. The zero-order valence-electron chi connectivity index (χ0n) is 12.2. The molecule has 0 aliphatic carbocycles. The minimum atomic E-state index is -0.197. The van der Waals surface area contributed by atoms with Gasteiger partial charge in [-0.3, -0.25) is 4.79 Å². The number of hydrogen-bond donors (Lipinski definition) is 1. The van der Waals surface area contributed by atoms with Gasteiger partial charge < -0.3 is 14.5 Å². The van der Waals surface area contributed by atoms with Crippen molar-refractivity contribution >= 4 is 17.8 Å². The number of benzene rings is 1. The number of aryl methyl sites for hydroxylation is 1. The lowest BCUT2D eigenvalue weighted by Gasteiger charge is -2.04. The van der Waals surface area contributed by atoms with E-state index in [1.54, 1.807) is 31.6 Å². The number of furan rings is 1. The van der Waals surface area contributed by atoms with Crippen LogP contribution in [0.5, 0.6) is 5.75 Å². The van der Waals surface area contributed by atoms with E-state index in [1.165, 1.54) is 0 Å². The van der Waals surface area contributed by atoms with Crippen molar-refractivity contribution in [3.8, 4) is 5.75 Å². The maximum absolute atomic E-state index is 11.9. The van der Waals surface area contributed by atoms with Gasteiger partial charge in [0.05, 0.1) is 13.4 Å². The largest absolute Gasteiger partial charge is 0.497 e. The summed E-state index contributed by atoms with van der Waals surface area (Å²) in [6.07, 6.45) is 4.64. The van der Waals surface area contributed by atoms with Crippen LogP contribution in [0.4, 0.5) is 0 Å². The maximum Gasteiger partial charge on any atom is 0.275 e. The zero-order valence-corrected chi connectivity index (χ0v) is 12.2. The van der Waals surface area contributed by atoms with Crippen LogP contribution in [-0.4, -0.2) is 18.9 Å². The monoisotopic (exact) mass is 296 g/mol. The van der Waals surface area contributed by atoms with Gasteiger partial charge in [-0.15, -0.1) is 0 Å². The Bertz CT molecular complexity index is 730. The molecule has 0 saturated heterocycles. The van der Waals surface area contributed by atoms with Gasteiger partial charge in [0, 0.05) is 12.5 Å². The average molecular weight is 296 g/mol. The van der Waals surface area contributed by atoms with E-state index in [0.717, 1.165) is 17.7 Å². The number of nitrogens with zero attached hydrogens (tertiary/aromatic N) is 1. The number of amidine groups is 1. The van der Waals surface area contributed by atoms with Gasteiger partial charge in [-0.1, -0.05) is 12.1 Å². The first-order valence-corrected chi connectivity index (χ1v) is 7.01. The fraction of sp³-hybridized carbons (Fsp3) is 0.176. The predicted molar refractivity (Wildman–Crippen MR) is 83.6 cm³/mol. The third-order valence-electron chi connectivity index (χ3n) is 3.35. The van der Waals surface area contributed by atoms with E-state index in [0.29, 0.717) is 23.7 Å². The number of carbonyl (C=O) groups is 1. The van der Waals surface area contributed by atoms with Crippen LogP contribution < -0.4 is 10.1 Å². The van der Waals surface area contributed by atoms with Crippen molar-refractivity contribution in [1.29, 1.82) is 0 Å². The molecule has 0 saturated carbocycles. The SMILES string of the molecule is COc1cccc(CCC2=N/C(=C/c3ccco3)C(=O)N2)c1. The number of carbonyl (C=O) groups excluding carboxylic acids is 1. The Morgan fingerprint density at radius 1 is 1.27 bits per heavy atom. The van der Waals surface area contributed by atoms with Crippen LogP contribution in [0.25, 0.3) is 6.08 Å². The van der Waals surface area contributed by atoms with E-state index >= 15 is 0 Å². The van der Waals surface area contributed by atoms with Gasteiger partial charge in [-0.2, -0.15) is 0 Å². The fourth-order valence-corrected chi connectivity index (χ4v) is 2.23. The molecule has 0 radical (unpaired) electrons. The number of hydrogen-bond acceptors (Lipinski definition) is 4. The first-order valence-electron chi connectivity index (χ1n) is 7.01. The lowest BCUT2D eigenvalue weighted by Crippen LogP contribution is -2.24. The summed E-state index contributed by atoms with van der Waals surface area (Å²) in [7, 11) is 1.64. The highest BCUT2D eigenvalue weighted by atomic mass is 16.5. The number of ether oxygens (including phenoxy) is 1. The van der Waals surface area contributed by atoms with Gasteiger partial charge in [0.2, 0.25) is 0 Å². The number of amides is 1. The Kier molecular flexibility index (Phi) is 4.05.